The zero-order chi connectivity index (χ0) is 53.5. The monoisotopic (exact) mass is 1120 g/mol. The van der Waals surface area contributed by atoms with Crippen LogP contribution >= 0.6 is 23.2 Å². The minimum absolute atomic E-state index is 0. The van der Waals surface area contributed by atoms with Crippen LogP contribution in [0.5, 0.6) is 23.0 Å². The maximum atomic E-state index is 13.4. The summed E-state index contributed by atoms with van der Waals surface area (Å²) < 4.78 is 77.8. The van der Waals surface area contributed by atoms with E-state index in [0.29, 0.717) is 68.8 Å². The number of carbonyl (C=O) groups excluding carboxylic acids is 1. The van der Waals surface area contributed by atoms with E-state index >= 15 is 0 Å². The number of azo groups is 2. The van der Waals surface area contributed by atoms with Gasteiger partial charge in [0.1, 0.15) is 38.4 Å². The summed E-state index contributed by atoms with van der Waals surface area (Å²) in [6, 6.07) is 35.1. The normalized spacial score (nSPS) is 11.9. The van der Waals surface area contributed by atoms with Crippen molar-refractivity contribution in [2.24, 2.45) is 25.4 Å². The predicted octanol–water partition coefficient (Wildman–Crippen LogP) is 11.8. The number of carbonyl (C=O) groups is 1. The zero-order valence-corrected chi connectivity index (χ0v) is 45.5. The summed E-state index contributed by atoms with van der Waals surface area (Å²) in [6.45, 7) is 7.76. The Labute approximate surface area is 470 Å². The van der Waals surface area contributed by atoms with E-state index in [-0.39, 0.29) is 81.7 Å². The second-order valence-corrected chi connectivity index (χ2v) is 19.6. The van der Waals surface area contributed by atoms with Crippen molar-refractivity contribution >= 4 is 149 Å². The van der Waals surface area contributed by atoms with Crippen LogP contribution in [0.1, 0.15) is 40.9 Å². The number of nitrogens with zero attached hydrogens (tertiary/aromatic N) is 5. The first kappa shape index (κ1) is 57.6. The number of ether oxygens (including phenoxy) is 2. The summed E-state index contributed by atoms with van der Waals surface area (Å²) in [5, 5.41) is 57.9. The summed E-state index contributed by atoms with van der Waals surface area (Å²) >= 11 is 12.4. The van der Waals surface area contributed by atoms with Gasteiger partial charge in [0, 0.05) is 28.6 Å². The molecule has 0 atom stereocenters. The van der Waals surface area contributed by atoms with Crippen molar-refractivity contribution in [1.82, 2.24) is 0 Å². The molecule has 0 spiro atoms. The maximum absolute atomic E-state index is 13.4. The van der Waals surface area contributed by atoms with Crippen molar-refractivity contribution in [3.63, 3.8) is 0 Å². The van der Waals surface area contributed by atoms with Crippen LogP contribution in [0, 0.1) is 13.8 Å². The Morgan fingerprint density at radius 3 is 1.61 bits per heavy atom. The first-order chi connectivity index (χ1) is 35.2. The van der Waals surface area contributed by atoms with Gasteiger partial charge in [-0.25, -0.2) is 0 Å². The third kappa shape index (κ3) is 14.0. The Balaban J connectivity index is 0.000000241. The SMILES string of the molecule is CCOc1cccc(N=C([O-])c2cc3ccccc3c(N=Nc3c(Cl)cc(C)cc3S(=O)(=O)O)c2[O-])c1.CCOc1cccc(NC(=O)c2cc3ccccc3c(N=Nc3c(Cl)cc(C)cc3S(=O)(=O)O)c2O)c1.[Ca+2]. The van der Waals surface area contributed by atoms with Gasteiger partial charge in [-0.3, -0.25) is 18.9 Å². The molecular weight excluding hydrogens is 1080 g/mol. The molecule has 0 radical (unpaired) electrons. The van der Waals surface area contributed by atoms with Crippen molar-refractivity contribution in [1.29, 1.82) is 0 Å². The molecule has 0 aliphatic rings. The molecule has 0 aliphatic carbocycles. The number of phenolic OH excluding ortho intramolecular Hbond substituents is 1. The molecule has 380 valence electrons. The molecule has 0 saturated heterocycles. The van der Waals surface area contributed by atoms with Crippen molar-refractivity contribution < 1.29 is 55.5 Å². The van der Waals surface area contributed by atoms with E-state index in [1.165, 1.54) is 36.4 Å². The second kappa shape index (κ2) is 24.7. The van der Waals surface area contributed by atoms with Gasteiger partial charge in [-0.1, -0.05) is 89.6 Å². The van der Waals surface area contributed by atoms with E-state index in [4.69, 9.17) is 32.7 Å². The third-order valence-corrected chi connectivity index (χ3v) is 12.9. The number of aliphatic imine (C=N–C) groups is 1. The molecule has 0 heterocycles. The molecule has 1 amide bonds. The topological polar surface area (TPSA) is 284 Å². The summed E-state index contributed by atoms with van der Waals surface area (Å²) in [5.74, 6) is -1.54. The van der Waals surface area contributed by atoms with E-state index in [1.807, 2.05) is 13.8 Å². The predicted molar refractivity (Wildman–Crippen MR) is 284 cm³/mol. The first-order valence-corrected chi connectivity index (χ1v) is 25.7. The molecule has 4 N–H and O–H groups in total. The number of hydrogen-bond donors (Lipinski definition) is 4. The number of rotatable bonds is 14. The molecule has 75 heavy (non-hydrogen) atoms. The van der Waals surface area contributed by atoms with Gasteiger partial charge in [-0.2, -0.15) is 21.9 Å². The first-order valence-electron chi connectivity index (χ1n) is 22.1. The van der Waals surface area contributed by atoms with Gasteiger partial charge in [0.25, 0.3) is 26.1 Å². The van der Waals surface area contributed by atoms with Crippen LogP contribution < -0.4 is 25.0 Å². The summed E-state index contributed by atoms with van der Waals surface area (Å²) in [6.07, 6.45) is 0. The molecule has 0 bridgehead atoms. The van der Waals surface area contributed by atoms with E-state index < -0.39 is 53.3 Å². The fourth-order valence-electron chi connectivity index (χ4n) is 7.37. The molecule has 8 aromatic carbocycles. The molecule has 0 saturated carbocycles. The van der Waals surface area contributed by atoms with Crippen LogP contribution in [-0.2, 0) is 20.2 Å². The molecule has 8 aromatic rings. The Hall–Kier alpha value is -6.72. The van der Waals surface area contributed by atoms with Crippen molar-refractivity contribution in [3.8, 4) is 23.0 Å². The average molecular weight is 1120 g/mol. The summed E-state index contributed by atoms with van der Waals surface area (Å²) in [4.78, 5) is 16.1. The quantitative estimate of drug-likeness (QED) is 0.0260. The van der Waals surface area contributed by atoms with Gasteiger partial charge in [0.05, 0.1) is 40.2 Å². The summed E-state index contributed by atoms with van der Waals surface area (Å²) in [7, 11) is -9.37. The molecule has 0 unspecified atom stereocenters. The number of halogens is 2. The van der Waals surface area contributed by atoms with Gasteiger partial charge in [0.15, 0.2) is 5.75 Å². The van der Waals surface area contributed by atoms with Crippen LogP contribution in [0.25, 0.3) is 21.5 Å². The van der Waals surface area contributed by atoms with Crippen LogP contribution in [0.3, 0.4) is 0 Å². The standard InChI is InChI=1S/2C26H22ClN3O6S.Ca/c2*1-3-36-18-9-6-8-17(14-18)28-26(32)20-13-16-7-4-5-10-19(16)23(25(20)31)29-30-24-21(27)11-15(2)12-22(24)37(33,34)35;/h2*4-14,31H,3H2,1-2H3,(H,28,32)(H,33,34,35);/q;;+2/p-2. The molecule has 8 rings (SSSR count). The van der Waals surface area contributed by atoms with E-state index in [1.54, 1.807) is 111 Å². The Morgan fingerprint density at radius 2 is 1.08 bits per heavy atom. The zero-order valence-electron chi connectivity index (χ0n) is 40.1. The third-order valence-electron chi connectivity index (χ3n) is 10.6. The number of aryl methyl sites for hydroxylation is 2. The number of aromatic hydroxyl groups is 1. The van der Waals surface area contributed by atoms with E-state index in [0.717, 1.165) is 0 Å². The van der Waals surface area contributed by atoms with Crippen LogP contribution in [0.4, 0.5) is 34.1 Å². The van der Waals surface area contributed by atoms with Gasteiger partial charge in [-0.15, -0.1) is 15.3 Å². The maximum Gasteiger partial charge on any atom is 2.00 e. The van der Waals surface area contributed by atoms with Crippen LogP contribution in [0.15, 0.2) is 169 Å². The largest absolute Gasteiger partial charge is 2.00 e. The fourth-order valence-corrected chi connectivity index (χ4v) is 9.56. The minimum Gasteiger partial charge on any atom is -0.871 e. The van der Waals surface area contributed by atoms with Crippen molar-refractivity contribution in [2.45, 2.75) is 37.5 Å². The van der Waals surface area contributed by atoms with E-state index in [2.05, 4.69) is 30.8 Å². The number of anilines is 1. The fraction of sp³-hybridized carbons (Fsp3) is 0.115. The number of amides is 1. The Bertz CT molecular complexity index is 3830. The second-order valence-electron chi connectivity index (χ2n) is 16.0. The summed E-state index contributed by atoms with van der Waals surface area (Å²) in [5.41, 5.74) is 0.437. The molecular formula is C52H42CaCl2N6O12S2. The van der Waals surface area contributed by atoms with Crippen molar-refractivity contribution in [2.75, 3.05) is 18.5 Å². The van der Waals surface area contributed by atoms with Crippen LogP contribution in [0.2, 0.25) is 10.0 Å². The van der Waals surface area contributed by atoms with Crippen LogP contribution in [-0.4, -0.2) is 93.8 Å². The van der Waals surface area contributed by atoms with E-state index in [9.17, 15) is 46.1 Å². The molecule has 0 aliphatic heterocycles. The smallest absolute Gasteiger partial charge is 0.871 e. The van der Waals surface area contributed by atoms with Gasteiger partial charge < -0.3 is 30.1 Å². The number of hydrogen-bond acceptors (Lipinski definition) is 15. The molecule has 18 nitrogen and oxygen atoms in total. The number of fused-ring (bicyclic) bond motifs is 2. The minimum atomic E-state index is -4.70. The Morgan fingerprint density at radius 1 is 0.613 bits per heavy atom. The Kier molecular flexibility index (Phi) is 19.0. The van der Waals surface area contributed by atoms with Crippen molar-refractivity contribution in [3.05, 3.63) is 166 Å². The number of phenols is 1. The van der Waals surface area contributed by atoms with Gasteiger partial charge in [0.2, 0.25) is 0 Å². The average Bonchev–Trinajstić information content (AvgIpc) is 3.34. The molecule has 0 aromatic heterocycles. The van der Waals surface area contributed by atoms with Gasteiger partial charge >= 0.3 is 37.7 Å². The van der Waals surface area contributed by atoms with Gasteiger partial charge in [-0.05, 0) is 122 Å². The molecule has 23 heteroatoms. The molecule has 0 fully saturated rings. The number of benzene rings is 8. The number of nitrogens with one attached hydrogen (secondary N) is 1.